The molecule has 1 atom stereocenters. The Labute approximate surface area is 161 Å². The van der Waals surface area contributed by atoms with Gasteiger partial charge in [-0.1, -0.05) is 35.3 Å². The number of benzene rings is 2. The van der Waals surface area contributed by atoms with E-state index >= 15 is 0 Å². The molecule has 0 saturated carbocycles. The molecule has 1 unspecified atom stereocenters. The number of ether oxygens (including phenoxy) is 2. The minimum atomic E-state index is -0.131. The third kappa shape index (κ3) is 5.46. The molecule has 2 aromatic rings. The van der Waals surface area contributed by atoms with Gasteiger partial charge in [0, 0.05) is 22.4 Å². The Hall–Kier alpha value is -1.56. The van der Waals surface area contributed by atoms with Crippen molar-refractivity contribution in [2.45, 2.75) is 12.2 Å². The van der Waals surface area contributed by atoms with Crippen LogP contribution in [0.4, 0.5) is 5.69 Å². The van der Waals surface area contributed by atoms with Crippen molar-refractivity contribution in [1.82, 2.24) is 0 Å². The Bertz CT molecular complexity index is 738. The van der Waals surface area contributed by atoms with E-state index in [9.17, 15) is 4.79 Å². The van der Waals surface area contributed by atoms with Crippen LogP contribution in [-0.4, -0.2) is 25.9 Å². The lowest BCUT2D eigenvalue weighted by molar-refractivity contribution is -0.113. The number of carbonyl (C=O) groups excluding carboxylic acids is 1. The molecule has 0 bridgehead atoms. The Morgan fingerprint density at radius 2 is 1.76 bits per heavy atom. The van der Waals surface area contributed by atoms with Crippen LogP contribution in [0.15, 0.2) is 36.4 Å². The lowest BCUT2D eigenvalue weighted by Crippen LogP contribution is -2.15. The molecule has 0 saturated heterocycles. The maximum Gasteiger partial charge on any atom is 0.234 e. The standard InChI is InChI=1S/C18H19Cl2NO3S/c1-11(12-4-6-13(19)7-5-12)25-10-18(22)21-15-9-16(23-2)14(20)8-17(15)24-3/h4-9,11H,10H2,1-3H3,(H,21,22). The quantitative estimate of drug-likeness (QED) is 0.672. The minimum Gasteiger partial charge on any atom is -0.495 e. The summed E-state index contributed by atoms with van der Waals surface area (Å²) in [7, 11) is 3.04. The van der Waals surface area contributed by atoms with E-state index in [1.807, 2.05) is 31.2 Å². The van der Waals surface area contributed by atoms with E-state index in [0.717, 1.165) is 5.56 Å². The van der Waals surface area contributed by atoms with Crippen LogP contribution < -0.4 is 14.8 Å². The molecular formula is C18H19Cl2NO3S. The largest absolute Gasteiger partial charge is 0.495 e. The van der Waals surface area contributed by atoms with Crippen molar-refractivity contribution < 1.29 is 14.3 Å². The average Bonchev–Trinajstić information content (AvgIpc) is 2.61. The lowest BCUT2D eigenvalue weighted by atomic mass is 10.2. The third-order valence-corrected chi connectivity index (χ3v) is 5.30. The molecule has 25 heavy (non-hydrogen) atoms. The fraction of sp³-hybridized carbons (Fsp3) is 0.278. The molecule has 2 rings (SSSR count). The first-order valence-corrected chi connectivity index (χ1v) is 9.33. The van der Waals surface area contributed by atoms with Gasteiger partial charge < -0.3 is 14.8 Å². The van der Waals surface area contributed by atoms with E-state index in [0.29, 0.717) is 33.0 Å². The molecule has 0 radical (unpaired) electrons. The fourth-order valence-corrected chi connectivity index (χ4v) is 3.36. The second-order valence-electron chi connectivity index (χ2n) is 5.24. The van der Waals surface area contributed by atoms with Crippen LogP contribution in [-0.2, 0) is 4.79 Å². The number of hydrogen-bond donors (Lipinski definition) is 1. The van der Waals surface area contributed by atoms with Gasteiger partial charge in [0.2, 0.25) is 5.91 Å². The number of anilines is 1. The van der Waals surface area contributed by atoms with Crippen LogP contribution in [0.5, 0.6) is 11.5 Å². The first-order chi connectivity index (χ1) is 11.9. The molecule has 1 N–H and O–H groups in total. The monoisotopic (exact) mass is 399 g/mol. The van der Waals surface area contributed by atoms with Gasteiger partial charge >= 0.3 is 0 Å². The predicted octanol–water partition coefficient (Wildman–Crippen LogP) is 5.44. The summed E-state index contributed by atoms with van der Waals surface area (Å²) in [6.07, 6.45) is 0. The molecular weight excluding hydrogens is 381 g/mol. The van der Waals surface area contributed by atoms with Gasteiger partial charge in [-0.25, -0.2) is 0 Å². The van der Waals surface area contributed by atoms with Crippen molar-refractivity contribution >= 4 is 46.6 Å². The van der Waals surface area contributed by atoms with Crippen LogP contribution in [0.3, 0.4) is 0 Å². The number of rotatable bonds is 7. The summed E-state index contributed by atoms with van der Waals surface area (Å²) in [6, 6.07) is 10.9. The molecule has 0 heterocycles. The zero-order valence-corrected chi connectivity index (χ0v) is 16.5. The molecule has 2 aromatic carbocycles. The zero-order chi connectivity index (χ0) is 18.4. The molecule has 4 nitrogen and oxygen atoms in total. The number of carbonyl (C=O) groups is 1. The Kier molecular flexibility index (Phi) is 7.29. The van der Waals surface area contributed by atoms with E-state index in [2.05, 4.69) is 5.32 Å². The van der Waals surface area contributed by atoms with Crippen molar-refractivity contribution in [3.05, 3.63) is 52.0 Å². The highest BCUT2D eigenvalue weighted by molar-refractivity contribution is 8.00. The van der Waals surface area contributed by atoms with Crippen LogP contribution in [0, 0.1) is 0 Å². The number of nitrogens with one attached hydrogen (secondary N) is 1. The van der Waals surface area contributed by atoms with Crippen molar-refractivity contribution in [2.75, 3.05) is 25.3 Å². The number of halogens is 2. The van der Waals surface area contributed by atoms with E-state index in [4.69, 9.17) is 32.7 Å². The highest BCUT2D eigenvalue weighted by Gasteiger charge is 2.14. The summed E-state index contributed by atoms with van der Waals surface area (Å²) in [5.41, 5.74) is 1.64. The second kappa shape index (κ2) is 9.22. The van der Waals surface area contributed by atoms with Gasteiger partial charge in [0.25, 0.3) is 0 Å². The van der Waals surface area contributed by atoms with Crippen LogP contribution in [0.25, 0.3) is 0 Å². The van der Waals surface area contributed by atoms with E-state index in [-0.39, 0.29) is 11.2 Å². The van der Waals surface area contributed by atoms with Crippen LogP contribution in [0.1, 0.15) is 17.7 Å². The van der Waals surface area contributed by atoms with Crippen molar-refractivity contribution in [3.8, 4) is 11.5 Å². The molecule has 0 aliphatic heterocycles. The van der Waals surface area contributed by atoms with E-state index in [1.54, 1.807) is 12.1 Å². The molecule has 7 heteroatoms. The van der Waals surface area contributed by atoms with Gasteiger partial charge in [-0.3, -0.25) is 4.79 Å². The van der Waals surface area contributed by atoms with Crippen molar-refractivity contribution in [3.63, 3.8) is 0 Å². The SMILES string of the molecule is COc1cc(NC(=O)CSC(C)c2ccc(Cl)cc2)c(OC)cc1Cl. The van der Waals surface area contributed by atoms with Crippen LogP contribution in [0.2, 0.25) is 10.0 Å². The molecule has 0 aliphatic rings. The first kappa shape index (κ1) is 19.8. The van der Waals surface area contributed by atoms with E-state index < -0.39 is 0 Å². The molecule has 134 valence electrons. The van der Waals surface area contributed by atoms with Gasteiger partial charge in [-0.05, 0) is 24.6 Å². The van der Waals surface area contributed by atoms with Gasteiger partial charge in [0.1, 0.15) is 11.5 Å². The maximum absolute atomic E-state index is 12.3. The van der Waals surface area contributed by atoms with E-state index in [1.165, 1.54) is 26.0 Å². The predicted molar refractivity (Wildman–Crippen MR) is 106 cm³/mol. The van der Waals surface area contributed by atoms with Gasteiger partial charge in [0.05, 0.1) is 30.7 Å². The summed E-state index contributed by atoms with van der Waals surface area (Å²) in [5.74, 6) is 1.13. The maximum atomic E-state index is 12.3. The summed E-state index contributed by atoms with van der Waals surface area (Å²) < 4.78 is 10.4. The first-order valence-electron chi connectivity index (χ1n) is 7.53. The summed E-state index contributed by atoms with van der Waals surface area (Å²) in [6.45, 7) is 2.05. The normalized spacial score (nSPS) is 11.7. The average molecular weight is 400 g/mol. The Balaban J connectivity index is 1.99. The zero-order valence-electron chi connectivity index (χ0n) is 14.1. The lowest BCUT2D eigenvalue weighted by Gasteiger charge is -2.14. The molecule has 0 aromatic heterocycles. The number of thioether (sulfide) groups is 1. The summed E-state index contributed by atoms with van der Waals surface area (Å²) >= 11 is 13.5. The van der Waals surface area contributed by atoms with Crippen LogP contribution >= 0.6 is 35.0 Å². The van der Waals surface area contributed by atoms with Gasteiger partial charge in [0.15, 0.2) is 0 Å². The molecule has 0 fully saturated rings. The summed E-state index contributed by atoms with van der Waals surface area (Å²) in [4.78, 5) is 12.3. The van der Waals surface area contributed by atoms with Crippen molar-refractivity contribution in [1.29, 1.82) is 0 Å². The topological polar surface area (TPSA) is 47.6 Å². The van der Waals surface area contributed by atoms with Gasteiger partial charge in [-0.2, -0.15) is 0 Å². The smallest absolute Gasteiger partial charge is 0.234 e. The Morgan fingerprint density at radius 1 is 1.12 bits per heavy atom. The highest BCUT2D eigenvalue weighted by Crippen LogP contribution is 2.36. The molecule has 0 spiro atoms. The third-order valence-electron chi connectivity index (χ3n) is 3.55. The van der Waals surface area contributed by atoms with Gasteiger partial charge in [-0.15, -0.1) is 11.8 Å². The minimum absolute atomic E-state index is 0.131. The molecule has 0 aliphatic carbocycles. The highest BCUT2D eigenvalue weighted by atomic mass is 35.5. The molecule has 1 amide bonds. The fourth-order valence-electron chi connectivity index (χ4n) is 2.18. The summed E-state index contributed by atoms with van der Waals surface area (Å²) in [5, 5.41) is 4.12. The number of amides is 1. The number of hydrogen-bond acceptors (Lipinski definition) is 4. The Morgan fingerprint density at radius 3 is 2.36 bits per heavy atom. The second-order valence-corrected chi connectivity index (χ2v) is 7.41. The van der Waals surface area contributed by atoms with Crippen molar-refractivity contribution in [2.24, 2.45) is 0 Å². The number of methoxy groups -OCH3 is 2.